The fraction of sp³-hybridized carbons (Fsp3) is 0.571. The lowest BCUT2D eigenvalue weighted by molar-refractivity contribution is -0.137. The van der Waals surface area contributed by atoms with E-state index in [1.807, 2.05) is 4.90 Å². The number of piperazine rings is 1. The van der Waals surface area contributed by atoms with Gasteiger partial charge in [-0.05, 0) is 50.8 Å². The van der Waals surface area contributed by atoms with E-state index in [2.05, 4.69) is 30.2 Å². The molecular weight excluding hydrogens is 573 g/mol. The number of hydrogen-bond acceptors (Lipinski definition) is 10. The molecule has 4 aliphatic rings. The Morgan fingerprint density at radius 3 is 2.53 bits per heavy atom. The van der Waals surface area contributed by atoms with Crippen LogP contribution in [0.25, 0.3) is 22.3 Å². The van der Waals surface area contributed by atoms with Crippen LogP contribution < -0.4 is 26.4 Å². The summed E-state index contributed by atoms with van der Waals surface area (Å²) in [5.74, 6) is -1.33. The van der Waals surface area contributed by atoms with Crippen LogP contribution >= 0.6 is 0 Å². The highest BCUT2D eigenvalue weighted by Gasteiger charge is 2.49. The number of alkyl halides is 4. The summed E-state index contributed by atoms with van der Waals surface area (Å²) in [6.45, 7) is 3.50. The van der Waals surface area contributed by atoms with Gasteiger partial charge in [-0.15, -0.1) is 0 Å². The molecule has 3 aromatic rings. The van der Waals surface area contributed by atoms with Gasteiger partial charge < -0.3 is 26.4 Å². The van der Waals surface area contributed by atoms with E-state index in [-0.39, 0.29) is 58.6 Å². The quantitative estimate of drug-likeness (QED) is 0.371. The molecule has 4 saturated heterocycles. The van der Waals surface area contributed by atoms with Gasteiger partial charge in [0.2, 0.25) is 0 Å². The van der Waals surface area contributed by atoms with Crippen LogP contribution in [0.1, 0.15) is 43.2 Å². The molecule has 7 rings (SSSR count). The van der Waals surface area contributed by atoms with Gasteiger partial charge in [-0.1, -0.05) is 0 Å². The van der Waals surface area contributed by atoms with Gasteiger partial charge in [0.15, 0.2) is 5.82 Å². The Morgan fingerprint density at radius 1 is 1.07 bits per heavy atom. The summed E-state index contributed by atoms with van der Waals surface area (Å²) in [5.41, 5.74) is 8.41. The van der Waals surface area contributed by atoms with Crippen molar-refractivity contribution in [2.75, 3.05) is 49.2 Å². The summed E-state index contributed by atoms with van der Waals surface area (Å²) in [4.78, 5) is 21.0. The van der Waals surface area contributed by atoms with E-state index >= 15 is 4.39 Å². The predicted octanol–water partition coefficient (Wildman–Crippen LogP) is 3.61. The van der Waals surface area contributed by atoms with Crippen LogP contribution in [0.4, 0.5) is 39.4 Å². The van der Waals surface area contributed by atoms with E-state index in [9.17, 15) is 17.6 Å². The van der Waals surface area contributed by atoms with Crippen LogP contribution in [0.15, 0.2) is 6.07 Å². The van der Waals surface area contributed by atoms with Gasteiger partial charge >= 0.3 is 12.2 Å². The van der Waals surface area contributed by atoms with E-state index < -0.39 is 40.7 Å². The largest absolute Gasteiger partial charge is 0.461 e. The van der Waals surface area contributed by atoms with Gasteiger partial charge in [-0.25, -0.2) is 18.7 Å². The Morgan fingerprint density at radius 2 is 1.81 bits per heavy atom. The summed E-state index contributed by atoms with van der Waals surface area (Å²) in [7, 11) is 0. The number of aromatic nitrogens is 4. The molecule has 0 unspecified atom stereocenters. The summed E-state index contributed by atoms with van der Waals surface area (Å²) in [6, 6.07) is 1.27. The third-order valence-electron chi connectivity index (χ3n) is 9.26. The minimum absolute atomic E-state index is 0.0782. The van der Waals surface area contributed by atoms with Crippen molar-refractivity contribution in [2.45, 2.75) is 69.0 Å². The Balaban J connectivity index is 1.38. The van der Waals surface area contributed by atoms with Crippen LogP contribution in [-0.2, 0) is 6.18 Å². The number of anilines is 3. The minimum Gasteiger partial charge on any atom is -0.461 e. The smallest absolute Gasteiger partial charge is 0.418 e. The van der Waals surface area contributed by atoms with E-state index in [1.165, 1.54) is 6.92 Å². The Labute approximate surface area is 244 Å². The van der Waals surface area contributed by atoms with E-state index in [1.54, 1.807) is 0 Å². The molecule has 0 amide bonds. The van der Waals surface area contributed by atoms with E-state index in [0.29, 0.717) is 26.1 Å². The SMILES string of the molecule is Cc1cc(N)nc(-c2nc(N)c3c(N4C[C@H]5CC[C@@H](C4)N5)nc(OC[C@@]45CCCN4C[C@H](F)C5)nc3c2F)c1C(F)(F)F. The molecule has 5 N–H and O–H groups in total. The van der Waals surface area contributed by atoms with Gasteiger partial charge in [0.1, 0.15) is 47.1 Å². The second-order valence-corrected chi connectivity index (χ2v) is 12.2. The summed E-state index contributed by atoms with van der Waals surface area (Å²) >= 11 is 0. The van der Waals surface area contributed by atoms with Crippen LogP contribution in [-0.4, -0.2) is 81.4 Å². The zero-order valence-electron chi connectivity index (χ0n) is 23.5. The third kappa shape index (κ3) is 4.76. The average Bonchev–Trinajstić information content (AvgIpc) is 3.58. The number of nitrogens with two attached hydrogens (primary N) is 2. The molecule has 0 aromatic carbocycles. The molecule has 10 nitrogen and oxygen atoms in total. The highest BCUT2D eigenvalue weighted by Crippen LogP contribution is 2.43. The summed E-state index contributed by atoms with van der Waals surface area (Å²) in [5, 5.41) is 3.60. The van der Waals surface area contributed by atoms with Crippen molar-refractivity contribution < 1.29 is 26.7 Å². The molecule has 3 aromatic heterocycles. The second kappa shape index (κ2) is 9.97. The van der Waals surface area contributed by atoms with Crippen molar-refractivity contribution in [3.05, 3.63) is 23.0 Å². The van der Waals surface area contributed by atoms with Gasteiger partial charge in [0.05, 0.1) is 16.5 Å². The first-order chi connectivity index (χ1) is 20.4. The normalized spacial score (nSPS) is 27.3. The van der Waals surface area contributed by atoms with E-state index in [0.717, 1.165) is 38.3 Å². The first-order valence-corrected chi connectivity index (χ1v) is 14.5. The monoisotopic (exact) mass is 605 g/mol. The zero-order valence-corrected chi connectivity index (χ0v) is 23.5. The van der Waals surface area contributed by atoms with Crippen molar-refractivity contribution >= 4 is 28.4 Å². The van der Waals surface area contributed by atoms with Crippen molar-refractivity contribution in [3.8, 4) is 17.4 Å². The maximum atomic E-state index is 16.5. The fourth-order valence-electron chi connectivity index (χ4n) is 7.46. The highest BCUT2D eigenvalue weighted by molar-refractivity contribution is 6.00. The maximum Gasteiger partial charge on any atom is 0.418 e. The number of nitrogens with one attached hydrogen (secondary N) is 1. The molecule has 0 radical (unpaired) electrons. The first-order valence-electron chi connectivity index (χ1n) is 14.5. The number of aryl methyl sites for hydroxylation is 1. The van der Waals surface area contributed by atoms with Crippen molar-refractivity contribution in [1.29, 1.82) is 0 Å². The second-order valence-electron chi connectivity index (χ2n) is 12.2. The number of nitrogens with zero attached hydrogens (tertiary/aromatic N) is 6. The van der Waals surface area contributed by atoms with Crippen molar-refractivity contribution in [2.24, 2.45) is 0 Å². The number of nitrogen functional groups attached to an aromatic ring is 2. The molecule has 4 atom stereocenters. The number of ether oxygens (including phenoxy) is 1. The molecule has 4 aliphatic heterocycles. The topological polar surface area (TPSA) is 131 Å². The van der Waals surface area contributed by atoms with Gasteiger partial charge in [-0.2, -0.15) is 23.1 Å². The Hall–Kier alpha value is -3.59. The van der Waals surface area contributed by atoms with Crippen LogP contribution in [0.3, 0.4) is 0 Å². The molecule has 2 bridgehead atoms. The minimum atomic E-state index is -4.87. The van der Waals surface area contributed by atoms with Crippen LogP contribution in [0.2, 0.25) is 0 Å². The molecule has 0 spiro atoms. The van der Waals surface area contributed by atoms with Gasteiger partial charge in [0.25, 0.3) is 0 Å². The Kier molecular flexibility index (Phi) is 6.54. The van der Waals surface area contributed by atoms with Gasteiger partial charge in [-0.3, -0.25) is 4.90 Å². The van der Waals surface area contributed by atoms with Crippen molar-refractivity contribution in [3.63, 3.8) is 0 Å². The number of rotatable bonds is 5. The molecule has 0 saturated carbocycles. The Bertz CT molecular complexity index is 1590. The predicted molar refractivity (Wildman–Crippen MR) is 150 cm³/mol. The first kappa shape index (κ1) is 28.2. The summed E-state index contributed by atoms with van der Waals surface area (Å²) < 4.78 is 79.4. The lowest BCUT2D eigenvalue weighted by Gasteiger charge is -2.34. The lowest BCUT2D eigenvalue weighted by atomic mass is 9.95. The van der Waals surface area contributed by atoms with Crippen LogP contribution in [0, 0.1) is 12.7 Å². The molecule has 43 heavy (non-hydrogen) atoms. The standard InChI is InChI=1S/C28H32F5N9O/c1-13-7-17(34)37-22(19(13)28(31,32)33)23-20(30)21-18(24(35)38-23)25(41-10-15-3-4-16(11-41)36-15)40-26(39-21)43-12-27-5-2-6-42(27)9-14(29)8-27/h7,14-16,36H,2-6,8-12H2,1H3,(H2,34,37)(H2,35,38)/t14-,15-,16+,27+/m1/s1. The molecule has 4 fully saturated rings. The molecule has 0 aliphatic carbocycles. The number of hydrogen-bond donors (Lipinski definition) is 3. The maximum absolute atomic E-state index is 16.5. The molecule has 230 valence electrons. The molecule has 7 heterocycles. The number of fused-ring (bicyclic) bond motifs is 4. The lowest BCUT2D eigenvalue weighted by Crippen LogP contribution is -2.51. The van der Waals surface area contributed by atoms with Crippen LogP contribution in [0.5, 0.6) is 6.01 Å². The highest BCUT2D eigenvalue weighted by atomic mass is 19.4. The zero-order chi connectivity index (χ0) is 30.3. The summed E-state index contributed by atoms with van der Waals surface area (Å²) in [6.07, 6.45) is -1.97. The molecular formula is C28H32F5N9O. The van der Waals surface area contributed by atoms with E-state index in [4.69, 9.17) is 16.2 Å². The average molecular weight is 606 g/mol. The van der Waals surface area contributed by atoms with Crippen molar-refractivity contribution in [1.82, 2.24) is 30.2 Å². The fourth-order valence-corrected chi connectivity index (χ4v) is 7.46. The number of pyridine rings is 2. The third-order valence-corrected chi connectivity index (χ3v) is 9.26. The molecule has 15 heteroatoms. The van der Waals surface area contributed by atoms with Gasteiger partial charge in [0, 0.05) is 38.1 Å². The number of halogens is 5.